The van der Waals surface area contributed by atoms with Crippen molar-refractivity contribution in [3.8, 4) is 0 Å². The van der Waals surface area contributed by atoms with Gasteiger partial charge in [-0.1, -0.05) is 81.1 Å². The second-order valence-electron chi connectivity index (χ2n) is 7.46. The third kappa shape index (κ3) is 5.23. The van der Waals surface area contributed by atoms with Crippen LogP contribution in [0.5, 0.6) is 0 Å². The molecule has 1 N–H and O–H groups in total. The Bertz CT molecular complexity index is 1060. The van der Waals surface area contributed by atoms with Gasteiger partial charge in [0.2, 0.25) is 0 Å². The van der Waals surface area contributed by atoms with Gasteiger partial charge in [-0.2, -0.15) is 0 Å². The molecule has 0 fully saturated rings. The summed E-state index contributed by atoms with van der Waals surface area (Å²) in [6, 6.07) is 16.2. The molecule has 0 aliphatic heterocycles. The molecule has 2 aromatic carbocycles. The van der Waals surface area contributed by atoms with Crippen molar-refractivity contribution in [2.24, 2.45) is 0 Å². The van der Waals surface area contributed by atoms with E-state index in [0.29, 0.717) is 0 Å². The molecule has 0 bridgehead atoms. The predicted molar refractivity (Wildman–Crippen MR) is 118 cm³/mol. The van der Waals surface area contributed by atoms with Crippen LogP contribution in [0.3, 0.4) is 0 Å². The maximum Gasteiger partial charge on any atom is 0.250 e. The Morgan fingerprint density at radius 1 is 1.07 bits per heavy atom. The molecule has 0 aliphatic rings. The summed E-state index contributed by atoms with van der Waals surface area (Å²) >= 11 is 2.40. The smallest absolute Gasteiger partial charge is 0.250 e. The van der Waals surface area contributed by atoms with Crippen LogP contribution in [0.15, 0.2) is 64.2 Å². The fourth-order valence-corrected chi connectivity index (χ4v) is 6.14. The highest BCUT2D eigenvalue weighted by Gasteiger charge is 2.27. The lowest BCUT2D eigenvalue weighted by Gasteiger charge is -2.22. The summed E-state index contributed by atoms with van der Waals surface area (Å²) < 4.78 is 28.5. The van der Waals surface area contributed by atoms with Crippen LogP contribution < -0.4 is 4.72 Å². The second-order valence-corrected chi connectivity index (χ2v) is 12.2. The van der Waals surface area contributed by atoms with Crippen LogP contribution in [0.4, 0.5) is 0 Å². The van der Waals surface area contributed by atoms with E-state index in [1.54, 1.807) is 17.5 Å². The Morgan fingerprint density at radius 3 is 2.46 bits per heavy atom. The molecule has 7 heteroatoms. The van der Waals surface area contributed by atoms with E-state index in [-0.39, 0.29) is 20.5 Å². The van der Waals surface area contributed by atoms with Gasteiger partial charge in [-0.15, -0.1) is 11.3 Å². The molecule has 1 aromatic heterocycles. The molecule has 1 heterocycles. The predicted octanol–water partition coefficient (Wildman–Crippen LogP) is 5.37. The highest BCUT2D eigenvalue weighted by Crippen LogP contribution is 2.33. The number of carbonyl (C=O) groups excluding carboxylic acids is 1. The molecule has 0 saturated heterocycles. The van der Waals surface area contributed by atoms with Gasteiger partial charge in [0, 0.05) is 11.2 Å². The van der Waals surface area contributed by atoms with Crippen LogP contribution in [-0.2, 0) is 14.8 Å². The largest absolute Gasteiger partial charge is 0.287 e. The SMILES string of the molecule is CC(C)(C)SC(=O)C[C@@H](NS(=O)(=O)c1cccs1)c1cccc2ccccc12. The molecule has 4 nitrogen and oxygen atoms in total. The fraction of sp³-hybridized carbons (Fsp3) is 0.286. The van der Waals surface area contributed by atoms with Crippen LogP contribution >= 0.6 is 23.1 Å². The summed E-state index contributed by atoms with van der Waals surface area (Å²) in [7, 11) is -3.72. The molecular weight excluding hydrogens is 410 g/mol. The molecule has 3 rings (SSSR count). The Labute approximate surface area is 174 Å². The second kappa shape index (κ2) is 8.37. The number of carbonyl (C=O) groups is 1. The summed E-state index contributed by atoms with van der Waals surface area (Å²) in [6.45, 7) is 5.91. The van der Waals surface area contributed by atoms with Gasteiger partial charge in [-0.25, -0.2) is 13.1 Å². The van der Waals surface area contributed by atoms with Crippen LogP contribution in [0.1, 0.15) is 38.8 Å². The summed E-state index contributed by atoms with van der Waals surface area (Å²) in [5, 5.41) is 3.63. The van der Waals surface area contributed by atoms with Gasteiger partial charge in [0.05, 0.1) is 6.04 Å². The van der Waals surface area contributed by atoms with Crippen molar-refractivity contribution in [2.45, 2.75) is 42.2 Å². The van der Waals surface area contributed by atoms with Gasteiger partial charge < -0.3 is 0 Å². The minimum absolute atomic E-state index is 0.0423. The molecule has 148 valence electrons. The fourth-order valence-electron chi connectivity index (χ4n) is 2.98. The number of hydrogen-bond donors (Lipinski definition) is 1. The maximum atomic E-state index is 12.9. The topological polar surface area (TPSA) is 63.2 Å². The summed E-state index contributed by atoms with van der Waals surface area (Å²) in [5.74, 6) is 0. The minimum atomic E-state index is -3.72. The van der Waals surface area contributed by atoms with Crippen molar-refractivity contribution in [2.75, 3.05) is 0 Å². The van der Waals surface area contributed by atoms with Gasteiger partial charge in [0.1, 0.15) is 4.21 Å². The first-order valence-corrected chi connectivity index (χ1v) is 12.1. The third-order valence-corrected chi connectivity index (χ3v) is 7.92. The van der Waals surface area contributed by atoms with Crippen LogP contribution in [0, 0.1) is 0 Å². The van der Waals surface area contributed by atoms with Gasteiger partial charge in [-0.3, -0.25) is 4.79 Å². The number of thioether (sulfide) groups is 1. The van der Waals surface area contributed by atoms with Crippen LogP contribution in [0.2, 0.25) is 0 Å². The monoisotopic (exact) mass is 433 g/mol. The van der Waals surface area contributed by atoms with Crippen LogP contribution in [-0.4, -0.2) is 18.3 Å². The highest BCUT2D eigenvalue weighted by molar-refractivity contribution is 8.14. The number of fused-ring (bicyclic) bond motifs is 1. The first-order valence-electron chi connectivity index (χ1n) is 8.91. The maximum absolute atomic E-state index is 12.9. The zero-order valence-corrected chi connectivity index (χ0v) is 18.5. The first kappa shape index (κ1) is 21.0. The number of hydrogen-bond acceptors (Lipinski definition) is 5. The molecule has 3 aromatic rings. The molecular formula is C21H23NO3S3. The Hall–Kier alpha value is -1.67. The normalized spacial score (nSPS) is 13.5. The van der Waals surface area contributed by atoms with E-state index in [1.165, 1.54) is 11.8 Å². The van der Waals surface area contributed by atoms with Crippen molar-refractivity contribution in [1.29, 1.82) is 0 Å². The van der Waals surface area contributed by atoms with E-state index in [1.807, 2.05) is 63.2 Å². The van der Waals surface area contributed by atoms with E-state index < -0.39 is 16.1 Å². The van der Waals surface area contributed by atoms with Crippen molar-refractivity contribution >= 4 is 49.0 Å². The van der Waals surface area contributed by atoms with Gasteiger partial charge in [0.15, 0.2) is 5.12 Å². The molecule has 0 unspecified atom stereocenters. The van der Waals surface area contributed by atoms with Gasteiger partial charge in [0.25, 0.3) is 10.0 Å². The van der Waals surface area contributed by atoms with Crippen molar-refractivity contribution in [3.05, 3.63) is 65.5 Å². The summed E-state index contributed by atoms with van der Waals surface area (Å²) in [6.07, 6.45) is 0.0839. The molecule has 1 atom stereocenters. The highest BCUT2D eigenvalue weighted by atomic mass is 32.2. The number of nitrogens with one attached hydrogen (secondary N) is 1. The zero-order valence-electron chi connectivity index (χ0n) is 16.0. The Morgan fingerprint density at radius 2 is 1.79 bits per heavy atom. The average molecular weight is 434 g/mol. The standard InChI is InChI=1S/C21H23NO3S3/c1-21(2,3)27-19(23)14-18(22-28(24,25)20-12-7-13-26-20)17-11-6-9-15-8-4-5-10-16(15)17/h4-13,18,22H,14H2,1-3H3/t18-/m1/s1. The molecule has 0 aliphatic carbocycles. The molecule has 0 spiro atoms. The van der Waals surface area contributed by atoms with E-state index >= 15 is 0 Å². The number of rotatable bonds is 6. The van der Waals surface area contributed by atoms with E-state index in [9.17, 15) is 13.2 Å². The van der Waals surface area contributed by atoms with Gasteiger partial charge in [-0.05, 0) is 27.8 Å². The van der Waals surface area contributed by atoms with Gasteiger partial charge >= 0.3 is 0 Å². The third-order valence-electron chi connectivity index (χ3n) is 4.05. The minimum Gasteiger partial charge on any atom is -0.287 e. The first-order chi connectivity index (χ1) is 13.2. The lowest BCUT2D eigenvalue weighted by molar-refractivity contribution is -0.111. The van der Waals surface area contributed by atoms with Crippen LogP contribution in [0.25, 0.3) is 10.8 Å². The lowest BCUT2D eigenvalue weighted by Crippen LogP contribution is -2.30. The molecule has 0 amide bonds. The number of sulfonamides is 1. The van der Waals surface area contributed by atoms with Crippen molar-refractivity contribution < 1.29 is 13.2 Å². The van der Waals surface area contributed by atoms with E-state index in [0.717, 1.165) is 27.7 Å². The average Bonchev–Trinajstić information content (AvgIpc) is 3.14. The quantitative estimate of drug-likeness (QED) is 0.568. The zero-order chi connectivity index (χ0) is 20.4. The Kier molecular flexibility index (Phi) is 6.29. The number of benzene rings is 2. The van der Waals surface area contributed by atoms with E-state index in [2.05, 4.69) is 4.72 Å². The van der Waals surface area contributed by atoms with Crippen molar-refractivity contribution in [1.82, 2.24) is 4.72 Å². The molecule has 0 saturated carbocycles. The summed E-state index contributed by atoms with van der Waals surface area (Å²) in [4.78, 5) is 12.7. The lowest BCUT2D eigenvalue weighted by atomic mass is 9.98. The molecule has 28 heavy (non-hydrogen) atoms. The number of thiophene rings is 1. The Balaban J connectivity index is 2.00. The molecule has 0 radical (unpaired) electrons. The van der Waals surface area contributed by atoms with E-state index in [4.69, 9.17) is 0 Å². The summed E-state index contributed by atoms with van der Waals surface area (Å²) in [5.41, 5.74) is 0.807. The van der Waals surface area contributed by atoms with Crippen molar-refractivity contribution in [3.63, 3.8) is 0 Å².